The van der Waals surface area contributed by atoms with Gasteiger partial charge in [0.2, 0.25) is 0 Å². The van der Waals surface area contributed by atoms with E-state index in [1.807, 2.05) is 9.80 Å². The third-order valence-corrected chi connectivity index (χ3v) is 4.78. The summed E-state index contributed by atoms with van der Waals surface area (Å²) in [6, 6.07) is 0.202. The molecule has 0 aliphatic carbocycles. The molecule has 0 spiro atoms. The van der Waals surface area contributed by atoms with Crippen molar-refractivity contribution >= 4 is 12.0 Å². The molecule has 0 saturated carbocycles. The van der Waals surface area contributed by atoms with Crippen molar-refractivity contribution in [1.82, 2.24) is 9.80 Å². The number of urea groups is 1. The SMILES string of the molecule is O=C(O)CCC1CCN(C(=O)N2CCCCCCC2)CC1. The zero-order valence-corrected chi connectivity index (χ0v) is 12.9. The highest BCUT2D eigenvalue weighted by molar-refractivity contribution is 5.74. The second-order valence-corrected chi connectivity index (χ2v) is 6.40. The average Bonchev–Trinajstić information content (AvgIpc) is 2.45. The Bertz CT molecular complexity index is 343. The molecule has 0 unspecified atom stereocenters. The molecule has 0 radical (unpaired) electrons. The first-order valence-corrected chi connectivity index (χ1v) is 8.42. The zero-order valence-electron chi connectivity index (χ0n) is 12.9. The van der Waals surface area contributed by atoms with E-state index in [4.69, 9.17) is 5.11 Å². The molecule has 0 bridgehead atoms. The molecule has 2 fully saturated rings. The van der Waals surface area contributed by atoms with Gasteiger partial charge >= 0.3 is 12.0 Å². The highest BCUT2D eigenvalue weighted by Crippen LogP contribution is 2.23. The summed E-state index contributed by atoms with van der Waals surface area (Å²) in [6.45, 7) is 3.38. The summed E-state index contributed by atoms with van der Waals surface area (Å²) in [5, 5.41) is 8.73. The van der Waals surface area contributed by atoms with Crippen LogP contribution in [0.1, 0.15) is 57.8 Å². The first kappa shape index (κ1) is 16.1. The Morgan fingerprint density at radius 2 is 1.38 bits per heavy atom. The van der Waals surface area contributed by atoms with Crippen LogP contribution in [0.25, 0.3) is 0 Å². The van der Waals surface area contributed by atoms with Crippen LogP contribution in [0, 0.1) is 5.92 Å². The van der Waals surface area contributed by atoms with Gasteiger partial charge in [-0.15, -0.1) is 0 Å². The van der Waals surface area contributed by atoms with Gasteiger partial charge in [-0.25, -0.2) is 4.79 Å². The Labute approximate surface area is 127 Å². The van der Waals surface area contributed by atoms with Crippen LogP contribution in [0.15, 0.2) is 0 Å². The number of likely N-dealkylation sites (tertiary alicyclic amines) is 2. The Balaban J connectivity index is 1.75. The van der Waals surface area contributed by atoms with Crippen molar-refractivity contribution in [3.8, 4) is 0 Å². The second kappa shape index (κ2) is 8.25. The van der Waals surface area contributed by atoms with Crippen molar-refractivity contribution in [1.29, 1.82) is 0 Å². The Morgan fingerprint density at radius 1 is 0.857 bits per heavy atom. The molecular weight excluding hydrogens is 268 g/mol. The van der Waals surface area contributed by atoms with Gasteiger partial charge in [0.1, 0.15) is 0 Å². The minimum Gasteiger partial charge on any atom is -0.481 e. The lowest BCUT2D eigenvalue weighted by Crippen LogP contribution is -2.47. The van der Waals surface area contributed by atoms with Crippen LogP contribution in [0.4, 0.5) is 4.79 Å². The van der Waals surface area contributed by atoms with E-state index < -0.39 is 5.97 Å². The molecule has 2 aliphatic heterocycles. The summed E-state index contributed by atoms with van der Waals surface area (Å²) in [6.07, 6.45) is 8.94. The molecule has 2 rings (SSSR count). The zero-order chi connectivity index (χ0) is 15.1. The van der Waals surface area contributed by atoms with Crippen molar-refractivity contribution in [3.05, 3.63) is 0 Å². The molecule has 5 heteroatoms. The largest absolute Gasteiger partial charge is 0.481 e. The number of carbonyl (C=O) groups is 2. The van der Waals surface area contributed by atoms with Crippen molar-refractivity contribution in [2.75, 3.05) is 26.2 Å². The molecule has 2 saturated heterocycles. The predicted molar refractivity (Wildman–Crippen MR) is 81.2 cm³/mol. The highest BCUT2D eigenvalue weighted by Gasteiger charge is 2.26. The molecule has 21 heavy (non-hydrogen) atoms. The van der Waals surface area contributed by atoms with Crippen LogP contribution in [0.3, 0.4) is 0 Å². The number of hydrogen-bond acceptors (Lipinski definition) is 2. The topological polar surface area (TPSA) is 60.9 Å². The minimum atomic E-state index is -0.714. The molecule has 0 aromatic carbocycles. The summed E-state index contributed by atoms with van der Waals surface area (Å²) in [5.41, 5.74) is 0. The van der Waals surface area contributed by atoms with Gasteiger partial charge in [0.15, 0.2) is 0 Å². The summed E-state index contributed by atoms with van der Waals surface area (Å²) in [5.74, 6) is -0.244. The van der Waals surface area contributed by atoms with Crippen LogP contribution in [-0.4, -0.2) is 53.1 Å². The number of rotatable bonds is 3. The van der Waals surface area contributed by atoms with E-state index in [9.17, 15) is 9.59 Å². The number of hydrogen-bond donors (Lipinski definition) is 1. The summed E-state index contributed by atoms with van der Waals surface area (Å²) < 4.78 is 0. The minimum absolute atomic E-state index is 0.202. The molecule has 2 amide bonds. The lowest BCUT2D eigenvalue weighted by atomic mass is 9.92. The summed E-state index contributed by atoms with van der Waals surface area (Å²) >= 11 is 0. The van der Waals surface area contributed by atoms with Gasteiger partial charge in [-0.1, -0.05) is 19.3 Å². The van der Waals surface area contributed by atoms with Gasteiger partial charge in [-0.05, 0) is 38.0 Å². The van der Waals surface area contributed by atoms with Crippen molar-refractivity contribution in [2.24, 2.45) is 5.92 Å². The molecule has 5 nitrogen and oxygen atoms in total. The van der Waals surface area contributed by atoms with Crippen LogP contribution < -0.4 is 0 Å². The number of aliphatic carboxylic acids is 1. The van der Waals surface area contributed by atoms with Gasteiger partial charge in [0, 0.05) is 32.6 Å². The monoisotopic (exact) mass is 296 g/mol. The van der Waals surface area contributed by atoms with Crippen molar-refractivity contribution < 1.29 is 14.7 Å². The number of carboxylic acids is 1. The van der Waals surface area contributed by atoms with E-state index >= 15 is 0 Å². The van der Waals surface area contributed by atoms with Gasteiger partial charge in [-0.2, -0.15) is 0 Å². The van der Waals surface area contributed by atoms with Crippen LogP contribution >= 0.6 is 0 Å². The fraction of sp³-hybridized carbons (Fsp3) is 0.875. The number of carboxylic acid groups (broad SMARTS) is 1. The molecule has 1 N–H and O–H groups in total. The maximum atomic E-state index is 12.5. The molecule has 0 aromatic heterocycles. The van der Waals surface area contributed by atoms with E-state index in [2.05, 4.69) is 0 Å². The number of piperidine rings is 1. The summed E-state index contributed by atoms with van der Waals surface area (Å²) in [4.78, 5) is 27.2. The van der Waals surface area contributed by atoms with E-state index in [0.29, 0.717) is 5.92 Å². The maximum absolute atomic E-state index is 12.5. The first-order valence-electron chi connectivity index (χ1n) is 8.42. The Morgan fingerprint density at radius 3 is 1.95 bits per heavy atom. The van der Waals surface area contributed by atoms with Crippen molar-refractivity contribution in [2.45, 2.75) is 57.8 Å². The molecule has 2 aliphatic rings. The van der Waals surface area contributed by atoms with Crippen LogP contribution in [0.5, 0.6) is 0 Å². The summed E-state index contributed by atoms with van der Waals surface area (Å²) in [7, 11) is 0. The average molecular weight is 296 g/mol. The number of amides is 2. The Hall–Kier alpha value is -1.26. The predicted octanol–water partition coefficient (Wildman–Crippen LogP) is 2.95. The smallest absolute Gasteiger partial charge is 0.319 e. The van der Waals surface area contributed by atoms with Gasteiger partial charge in [0.25, 0.3) is 0 Å². The molecule has 0 aromatic rings. The third-order valence-electron chi connectivity index (χ3n) is 4.78. The van der Waals surface area contributed by atoms with Crippen molar-refractivity contribution in [3.63, 3.8) is 0 Å². The lowest BCUT2D eigenvalue weighted by Gasteiger charge is -2.36. The molecular formula is C16H28N2O3. The molecule has 0 atom stereocenters. The van der Waals surface area contributed by atoms with Gasteiger partial charge in [-0.3, -0.25) is 4.79 Å². The second-order valence-electron chi connectivity index (χ2n) is 6.40. The van der Waals surface area contributed by atoms with Gasteiger partial charge in [0.05, 0.1) is 0 Å². The maximum Gasteiger partial charge on any atom is 0.319 e. The third kappa shape index (κ3) is 5.21. The number of nitrogens with zero attached hydrogens (tertiary/aromatic N) is 2. The first-order chi connectivity index (χ1) is 10.2. The molecule has 2 heterocycles. The fourth-order valence-corrected chi connectivity index (χ4v) is 3.38. The Kier molecular flexibility index (Phi) is 6.33. The highest BCUT2D eigenvalue weighted by atomic mass is 16.4. The van der Waals surface area contributed by atoms with E-state index in [-0.39, 0.29) is 12.5 Å². The number of carbonyl (C=O) groups excluding carboxylic acids is 1. The standard InChI is InChI=1S/C16H28N2O3/c19-15(20)7-6-14-8-12-18(13-9-14)16(21)17-10-4-2-1-3-5-11-17/h14H,1-13H2,(H,19,20). The van der Waals surface area contributed by atoms with Gasteiger partial charge < -0.3 is 14.9 Å². The van der Waals surface area contributed by atoms with Crippen LogP contribution in [-0.2, 0) is 4.79 Å². The normalized spacial score (nSPS) is 21.7. The van der Waals surface area contributed by atoms with Crippen LogP contribution in [0.2, 0.25) is 0 Å². The van der Waals surface area contributed by atoms with E-state index in [0.717, 1.165) is 58.3 Å². The fourth-order valence-electron chi connectivity index (χ4n) is 3.38. The van der Waals surface area contributed by atoms with E-state index in [1.165, 1.54) is 19.3 Å². The lowest BCUT2D eigenvalue weighted by molar-refractivity contribution is -0.137. The quantitative estimate of drug-likeness (QED) is 0.871. The van der Waals surface area contributed by atoms with E-state index in [1.54, 1.807) is 0 Å². The molecule has 120 valence electrons.